The molecule has 0 radical (unpaired) electrons. The van der Waals surface area contributed by atoms with Crippen molar-refractivity contribution in [3.63, 3.8) is 0 Å². The average Bonchev–Trinajstić information content (AvgIpc) is 3.67. The first-order valence-corrected chi connectivity index (χ1v) is 14.9. The van der Waals surface area contributed by atoms with Gasteiger partial charge in [0.05, 0.1) is 16.7 Å². The first-order valence-electron chi connectivity index (χ1n) is 14.1. The van der Waals surface area contributed by atoms with Gasteiger partial charge in [0.2, 0.25) is 0 Å². The normalized spacial score (nSPS) is 14.6. The number of hydrogen-bond donors (Lipinski definition) is 0. The lowest BCUT2D eigenvalue weighted by Crippen LogP contribution is -1.97. The van der Waals surface area contributed by atoms with Crippen molar-refractivity contribution in [1.29, 1.82) is 0 Å². The molecule has 186 valence electrons. The molecule has 2 heteroatoms. The molecular weight excluding hydrogens is 502 g/mol. The molecule has 10 rings (SSSR count). The summed E-state index contributed by atoms with van der Waals surface area (Å²) in [6, 6.07) is 38.6. The molecule has 40 heavy (non-hydrogen) atoms. The number of fused-ring (bicyclic) bond motifs is 13. The van der Waals surface area contributed by atoms with Crippen molar-refractivity contribution in [2.75, 3.05) is 0 Å². The molecule has 0 bridgehead atoms. The summed E-state index contributed by atoms with van der Waals surface area (Å²) < 4.78 is 5.29. The highest BCUT2D eigenvalue weighted by Gasteiger charge is 2.28. The van der Waals surface area contributed by atoms with Gasteiger partial charge < -0.3 is 4.57 Å². The van der Waals surface area contributed by atoms with Gasteiger partial charge >= 0.3 is 0 Å². The topological polar surface area (TPSA) is 4.93 Å². The number of nitrogens with zero attached hydrogens (tertiary/aromatic N) is 1. The Morgan fingerprint density at radius 1 is 0.500 bits per heavy atom. The molecule has 1 nitrogen and oxygen atoms in total. The fraction of sp³-hybridized carbons (Fsp3) is 0.0526. The Labute approximate surface area is 234 Å². The van der Waals surface area contributed by atoms with Crippen molar-refractivity contribution in [1.82, 2.24) is 4.57 Å². The minimum Gasteiger partial charge on any atom is -0.308 e. The van der Waals surface area contributed by atoms with Gasteiger partial charge in [-0.3, -0.25) is 0 Å². The third-order valence-electron chi connectivity index (χ3n) is 9.14. The van der Waals surface area contributed by atoms with Crippen LogP contribution >= 0.6 is 11.3 Å². The van der Waals surface area contributed by atoms with Gasteiger partial charge in [0.25, 0.3) is 0 Å². The van der Waals surface area contributed by atoms with Crippen molar-refractivity contribution in [2.45, 2.75) is 12.8 Å². The Balaban J connectivity index is 1.48. The van der Waals surface area contributed by atoms with E-state index >= 15 is 0 Å². The highest BCUT2D eigenvalue weighted by atomic mass is 32.1. The summed E-state index contributed by atoms with van der Waals surface area (Å²) in [6.07, 6.45) is 7.13. The number of allylic oxidation sites excluding steroid dienone is 4. The van der Waals surface area contributed by atoms with Crippen LogP contribution in [0.15, 0.2) is 115 Å². The second-order valence-electron chi connectivity index (χ2n) is 11.1. The lowest BCUT2D eigenvalue weighted by molar-refractivity contribution is 1.05. The quantitative estimate of drug-likeness (QED) is 0.201. The number of benzene rings is 6. The van der Waals surface area contributed by atoms with Crippen LogP contribution < -0.4 is 0 Å². The van der Waals surface area contributed by atoms with Crippen molar-refractivity contribution < 1.29 is 0 Å². The monoisotopic (exact) mass is 525 g/mol. The van der Waals surface area contributed by atoms with E-state index in [-0.39, 0.29) is 0 Å². The maximum atomic E-state index is 2.58. The van der Waals surface area contributed by atoms with E-state index in [0.29, 0.717) is 0 Å². The average molecular weight is 526 g/mol. The third-order valence-corrected chi connectivity index (χ3v) is 10.3. The van der Waals surface area contributed by atoms with Gasteiger partial charge in [0.15, 0.2) is 0 Å². The zero-order valence-electron chi connectivity index (χ0n) is 21.7. The van der Waals surface area contributed by atoms with Gasteiger partial charge in [-0.15, -0.1) is 11.3 Å². The molecule has 0 fully saturated rings. The van der Waals surface area contributed by atoms with E-state index in [4.69, 9.17) is 0 Å². The Morgan fingerprint density at radius 3 is 2.02 bits per heavy atom. The lowest BCUT2D eigenvalue weighted by atomic mass is 9.96. The van der Waals surface area contributed by atoms with Crippen LogP contribution in [0.1, 0.15) is 24.0 Å². The zero-order valence-corrected chi connectivity index (χ0v) is 22.6. The molecule has 0 spiro atoms. The number of para-hydroxylation sites is 1. The van der Waals surface area contributed by atoms with Crippen molar-refractivity contribution in [2.24, 2.45) is 0 Å². The predicted octanol–water partition coefficient (Wildman–Crippen LogP) is 11.0. The Morgan fingerprint density at radius 2 is 1.18 bits per heavy atom. The fourth-order valence-electron chi connectivity index (χ4n) is 7.59. The lowest BCUT2D eigenvalue weighted by Gasteiger charge is -2.14. The van der Waals surface area contributed by atoms with Crippen LogP contribution in [0.5, 0.6) is 0 Å². The zero-order chi connectivity index (χ0) is 25.9. The van der Waals surface area contributed by atoms with Crippen molar-refractivity contribution >= 4 is 86.0 Å². The minimum absolute atomic E-state index is 1.12. The minimum atomic E-state index is 1.12. The maximum absolute atomic E-state index is 2.58. The summed E-state index contributed by atoms with van der Waals surface area (Å²) >= 11 is 1.92. The molecule has 0 N–H and O–H groups in total. The van der Waals surface area contributed by atoms with Crippen molar-refractivity contribution in [3.8, 4) is 5.69 Å². The molecule has 0 saturated carbocycles. The van der Waals surface area contributed by atoms with E-state index < -0.39 is 0 Å². The van der Waals surface area contributed by atoms with Gasteiger partial charge in [-0.05, 0) is 64.1 Å². The van der Waals surface area contributed by atoms with Gasteiger partial charge in [0.1, 0.15) is 0 Å². The standard InChI is InChI=1S/C38H23NS/c1-2-11-23-22(10-1)24-16-9-17-28-32(21-20-26(23)34(24)28)39-31-18-7-5-14-29(31)35-25-12-3-4-13-27(25)38-36(37(35)39)30-15-6-8-19-33(30)40-38/h3-21H,1-2H2. The van der Waals surface area contributed by atoms with Crippen LogP contribution in [0.4, 0.5) is 0 Å². The Kier molecular flexibility index (Phi) is 3.97. The van der Waals surface area contributed by atoms with E-state index in [1.165, 1.54) is 91.5 Å². The molecule has 0 aliphatic heterocycles. The number of aromatic nitrogens is 1. The Bertz CT molecular complexity index is 2450. The van der Waals surface area contributed by atoms with Crippen LogP contribution in [-0.2, 0) is 0 Å². The van der Waals surface area contributed by atoms with Crippen LogP contribution in [0.25, 0.3) is 80.4 Å². The number of thiophene rings is 1. The predicted molar refractivity (Wildman–Crippen MR) is 174 cm³/mol. The molecule has 0 saturated heterocycles. The van der Waals surface area contributed by atoms with E-state index in [9.17, 15) is 0 Å². The molecule has 8 aromatic rings. The molecule has 2 aromatic heterocycles. The molecule has 0 unspecified atom stereocenters. The second-order valence-corrected chi connectivity index (χ2v) is 12.1. The van der Waals surface area contributed by atoms with Crippen LogP contribution in [-0.4, -0.2) is 4.57 Å². The van der Waals surface area contributed by atoms with Crippen LogP contribution in [0, 0.1) is 0 Å². The first-order chi connectivity index (χ1) is 19.9. The highest BCUT2D eigenvalue weighted by Crippen LogP contribution is 2.51. The molecule has 6 aromatic carbocycles. The Hall–Kier alpha value is -4.66. The maximum Gasteiger partial charge on any atom is 0.0640 e. The summed E-state index contributed by atoms with van der Waals surface area (Å²) in [6.45, 7) is 0. The molecule has 0 amide bonds. The molecule has 2 aliphatic carbocycles. The van der Waals surface area contributed by atoms with Crippen LogP contribution in [0.2, 0.25) is 0 Å². The molecule has 2 aliphatic rings. The molecular formula is C38H23NS. The van der Waals surface area contributed by atoms with E-state index in [2.05, 4.69) is 120 Å². The van der Waals surface area contributed by atoms with Gasteiger partial charge in [-0.2, -0.15) is 0 Å². The highest BCUT2D eigenvalue weighted by molar-refractivity contribution is 7.27. The van der Waals surface area contributed by atoms with Crippen LogP contribution in [0.3, 0.4) is 0 Å². The first kappa shape index (κ1) is 21.2. The molecule has 0 atom stereocenters. The fourth-order valence-corrected chi connectivity index (χ4v) is 8.83. The second kappa shape index (κ2) is 7.50. The smallest absolute Gasteiger partial charge is 0.0640 e. The third kappa shape index (κ3) is 2.49. The summed E-state index contributed by atoms with van der Waals surface area (Å²) in [7, 11) is 0. The largest absolute Gasteiger partial charge is 0.308 e. The number of rotatable bonds is 1. The van der Waals surface area contributed by atoms with E-state index in [1.807, 2.05) is 11.3 Å². The van der Waals surface area contributed by atoms with E-state index in [1.54, 1.807) is 0 Å². The number of hydrogen-bond acceptors (Lipinski definition) is 1. The van der Waals surface area contributed by atoms with Crippen molar-refractivity contribution in [3.05, 3.63) is 126 Å². The summed E-state index contributed by atoms with van der Waals surface area (Å²) in [5.41, 5.74) is 9.46. The van der Waals surface area contributed by atoms with Gasteiger partial charge in [0, 0.05) is 41.7 Å². The SMILES string of the molecule is C1=C2C(=CCC1)c1ccc(-n3c4ccccc4c4c5ccccc5c5sc6ccccc6c5c43)c3cccc2c13. The summed E-state index contributed by atoms with van der Waals surface area (Å²) in [5, 5.41) is 10.8. The van der Waals surface area contributed by atoms with Gasteiger partial charge in [-0.25, -0.2) is 0 Å². The molecule has 2 heterocycles. The van der Waals surface area contributed by atoms with E-state index in [0.717, 1.165) is 12.8 Å². The summed E-state index contributed by atoms with van der Waals surface area (Å²) in [4.78, 5) is 0. The summed E-state index contributed by atoms with van der Waals surface area (Å²) in [5.74, 6) is 0. The van der Waals surface area contributed by atoms with Gasteiger partial charge in [-0.1, -0.05) is 97.1 Å².